The number of carboxylic acid groups (broad SMARTS) is 1. The van der Waals surface area contributed by atoms with Gasteiger partial charge < -0.3 is 31.1 Å². The molecular weight excluding hydrogens is 500 g/mol. The van der Waals surface area contributed by atoms with Crippen LogP contribution in [0.25, 0.3) is 0 Å². The molecule has 0 saturated carbocycles. The summed E-state index contributed by atoms with van der Waals surface area (Å²) in [5.74, 6) is -2.35. The lowest BCUT2D eigenvalue weighted by atomic mass is 10.0. The van der Waals surface area contributed by atoms with Gasteiger partial charge in [-0.05, 0) is 36.9 Å². The lowest BCUT2D eigenvalue weighted by Gasteiger charge is -2.28. The van der Waals surface area contributed by atoms with Crippen molar-refractivity contribution < 1.29 is 29.4 Å². The molecule has 0 radical (unpaired) electrons. The Bertz CT molecular complexity index is 1140. The molecule has 2 aliphatic rings. The van der Waals surface area contributed by atoms with E-state index < -0.39 is 42.0 Å². The Morgan fingerprint density at radius 1 is 0.949 bits per heavy atom. The quantitative estimate of drug-likeness (QED) is 0.283. The normalized spacial score (nSPS) is 22.2. The first-order chi connectivity index (χ1) is 18.8. The highest BCUT2D eigenvalue weighted by Crippen LogP contribution is 2.20. The number of rotatable bonds is 11. The van der Waals surface area contributed by atoms with Gasteiger partial charge in [0, 0.05) is 31.8 Å². The summed E-state index contributed by atoms with van der Waals surface area (Å²) >= 11 is 0. The number of aliphatic hydroxyl groups is 1. The standard InChI is InChI=1S/C29H36N4O6/c34-22-17-25(29(38)39)33(18-22)28(37)24(15-20-10-5-2-6-11-20)32-26(35)16-21(14-19-8-3-1-4-9-19)31-27(36)23-12-7-13-30-23/h1-6,8-11,21-25,30,34H,7,12-18H2,(H,31,36)(H,32,35)(H,38,39). The number of aliphatic hydroxyl groups excluding tert-OH is 1. The van der Waals surface area contributed by atoms with Crippen LogP contribution in [0.3, 0.4) is 0 Å². The third-order valence-electron chi connectivity index (χ3n) is 7.24. The van der Waals surface area contributed by atoms with Crippen LogP contribution in [-0.2, 0) is 32.0 Å². The predicted molar refractivity (Wildman–Crippen MR) is 144 cm³/mol. The molecule has 5 unspecified atom stereocenters. The molecule has 39 heavy (non-hydrogen) atoms. The molecule has 10 nitrogen and oxygen atoms in total. The third kappa shape index (κ3) is 7.87. The molecule has 0 bridgehead atoms. The molecule has 5 atom stereocenters. The molecular formula is C29H36N4O6. The van der Waals surface area contributed by atoms with Gasteiger partial charge in [-0.2, -0.15) is 0 Å². The topological polar surface area (TPSA) is 148 Å². The van der Waals surface area contributed by atoms with E-state index in [1.54, 1.807) is 0 Å². The van der Waals surface area contributed by atoms with Gasteiger partial charge >= 0.3 is 5.97 Å². The van der Waals surface area contributed by atoms with Gasteiger partial charge in [0.15, 0.2) is 0 Å². The zero-order valence-corrected chi connectivity index (χ0v) is 21.8. The van der Waals surface area contributed by atoms with E-state index in [-0.39, 0.29) is 37.8 Å². The van der Waals surface area contributed by atoms with Crippen LogP contribution in [-0.4, -0.2) is 82.2 Å². The fourth-order valence-electron chi connectivity index (χ4n) is 5.30. The van der Waals surface area contributed by atoms with Crippen LogP contribution in [0.4, 0.5) is 0 Å². The zero-order chi connectivity index (χ0) is 27.8. The molecule has 0 aromatic heterocycles. The van der Waals surface area contributed by atoms with Crippen molar-refractivity contribution in [3.63, 3.8) is 0 Å². The van der Waals surface area contributed by atoms with E-state index in [2.05, 4.69) is 16.0 Å². The number of carboxylic acids is 1. The van der Waals surface area contributed by atoms with Gasteiger partial charge in [0.1, 0.15) is 12.1 Å². The number of benzene rings is 2. The van der Waals surface area contributed by atoms with E-state index in [0.29, 0.717) is 6.42 Å². The van der Waals surface area contributed by atoms with Crippen LogP contribution in [0.1, 0.15) is 36.8 Å². The van der Waals surface area contributed by atoms with E-state index in [9.17, 15) is 29.4 Å². The van der Waals surface area contributed by atoms with E-state index in [1.165, 1.54) is 0 Å². The number of β-amino-alcohol motifs (C(OH)–C–C–N with tert-alkyl or cyclic N) is 1. The monoisotopic (exact) mass is 536 g/mol. The SMILES string of the molecule is O=C(CC(Cc1ccccc1)NC(=O)C1CCCN1)NC(Cc1ccccc1)C(=O)N1CC(O)CC1C(=O)O. The summed E-state index contributed by atoms with van der Waals surface area (Å²) in [5, 5.41) is 28.6. The summed E-state index contributed by atoms with van der Waals surface area (Å²) in [6.45, 7) is 0.659. The van der Waals surface area contributed by atoms with Crippen LogP contribution in [0.15, 0.2) is 60.7 Å². The minimum absolute atomic E-state index is 0.0586. The van der Waals surface area contributed by atoms with Crippen molar-refractivity contribution in [3.8, 4) is 0 Å². The second-order valence-corrected chi connectivity index (χ2v) is 10.3. The average molecular weight is 537 g/mol. The highest BCUT2D eigenvalue weighted by molar-refractivity contribution is 5.91. The van der Waals surface area contributed by atoms with Crippen molar-refractivity contribution in [2.75, 3.05) is 13.1 Å². The van der Waals surface area contributed by atoms with Crippen molar-refractivity contribution >= 4 is 23.7 Å². The zero-order valence-electron chi connectivity index (χ0n) is 21.8. The molecule has 0 spiro atoms. The summed E-state index contributed by atoms with van der Waals surface area (Å²) < 4.78 is 0. The van der Waals surface area contributed by atoms with Crippen LogP contribution >= 0.6 is 0 Å². The number of likely N-dealkylation sites (tertiary alicyclic amines) is 1. The van der Waals surface area contributed by atoms with Crippen LogP contribution in [0.5, 0.6) is 0 Å². The molecule has 2 aliphatic heterocycles. The summed E-state index contributed by atoms with van der Waals surface area (Å²) in [6.07, 6.45) is 1.17. The van der Waals surface area contributed by atoms with Gasteiger partial charge in [0.05, 0.1) is 12.1 Å². The lowest BCUT2D eigenvalue weighted by molar-refractivity contribution is -0.149. The fourth-order valence-corrected chi connectivity index (χ4v) is 5.30. The van der Waals surface area contributed by atoms with Crippen LogP contribution in [0.2, 0.25) is 0 Å². The summed E-state index contributed by atoms with van der Waals surface area (Å²) in [5.41, 5.74) is 1.76. The summed E-state index contributed by atoms with van der Waals surface area (Å²) in [4.78, 5) is 52.6. The molecule has 0 aliphatic carbocycles. The Labute approximate surface area is 227 Å². The van der Waals surface area contributed by atoms with E-state index >= 15 is 0 Å². The number of aliphatic carboxylic acids is 1. The molecule has 4 rings (SSSR count). The van der Waals surface area contributed by atoms with Gasteiger partial charge in [-0.25, -0.2) is 4.79 Å². The maximum atomic E-state index is 13.5. The van der Waals surface area contributed by atoms with Gasteiger partial charge in [0.2, 0.25) is 17.7 Å². The van der Waals surface area contributed by atoms with Crippen LogP contribution in [0, 0.1) is 0 Å². The number of hydrogen-bond acceptors (Lipinski definition) is 6. The van der Waals surface area contributed by atoms with Crippen molar-refractivity contribution in [2.24, 2.45) is 0 Å². The molecule has 2 heterocycles. The lowest BCUT2D eigenvalue weighted by Crippen LogP contribution is -2.54. The molecule has 208 valence electrons. The summed E-state index contributed by atoms with van der Waals surface area (Å²) in [7, 11) is 0. The van der Waals surface area contributed by atoms with Gasteiger partial charge in [-0.15, -0.1) is 0 Å². The number of carbonyl (C=O) groups is 4. The second kappa shape index (κ2) is 13.3. The smallest absolute Gasteiger partial charge is 0.326 e. The molecule has 2 aromatic carbocycles. The second-order valence-electron chi connectivity index (χ2n) is 10.3. The van der Waals surface area contributed by atoms with Crippen molar-refractivity contribution in [2.45, 2.75) is 68.8 Å². The predicted octanol–water partition coefficient (Wildman–Crippen LogP) is 0.630. The highest BCUT2D eigenvalue weighted by atomic mass is 16.4. The van der Waals surface area contributed by atoms with Crippen LogP contribution < -0.4 is 16.0 Å². The molecule has 3 amide bonds. The van der Waals surface area contributed by atoms with E-state index in [0.717, 1.165) is 35.4 Å². The Hall–Kier alpha value is -3.76. The number of amides is 3. The van der Waals surface area contributed by atoms with Crippen molar-refractivity contribution in [3.05, 3.63) is 71.8 Å². The Balaban J connectivity index is 1.49. The molecule has 10 heteroatoms. The van der Waals surface area contributed by atoms with Gasteiger partial charge in [-0.3, -0.25) is 14.4 Å². The Morgan fingerprint density at radius 2 is 1.59 bits per heavy atom. The Morgan fingerprint density at radius 3 is 2.18 bits per heavy atom. The number of carbonyl (C=O) groups excluding carboxylic acids is 3. The van der Waals surface area contributed by atoms with Crippen molar-refractivity contribution in [1.82, 2.24) is 20.9 Å². The maximum absolute atomic E-state index is 13.5. The Kier molecular flexibility index (Phi) is 9.67. The van der Waals surface area contributed by atoms with E-state index in [1.807, 2.05) is 60.7 Å². The minimum Gasteiger partial charge on any atom is -0.480 e. The molecule has 2 saturated heterocycles. The maximum Gasteiger partial charge on any atom is 0.326 e. The first-order valence-electron chi connectivity index (χ1n) is 13.4. The first-order valence-corrected chi connectivity index (χ1v) is 13.4. The minimum atomic E-state index is -1.20. The van der Waals surface area contributed by atoms with Crippen molar-refractivity contribution in [1.29, 1.82) is 0 Å². The largest absolute Gasteiger partial charge is 0.480 e. The molecule has 2 fully saturated rings. The third-order valence-corrected chi connectivity index (χ3v) is 7.24. The van der Waals surface area contributed by atoms with Gasteiger partial charge in [-0.1, -0.05) is 60.7 Å². The van der Waals surface area contributed by atoms with E-state index in [4.69, 9.17) is 0 Å². The number of nitrogens with one attached hydrogen (secondary N) is 3. The molecule has 2 aromatic rings. The number of hydrogen-bond donors (Lipinski definition) is 5. The molecule has 5 N–H and O–H groups in total. The first kappa shape index (κ1) is 28.3. The highest BCUT2D eigenvalue weighted by Gasteiger charge is 2.41. The average Bonchev–Trinajstić information content (AvgIpc) is 3.59. The fraction of sp³-hybridized carbons (Fsp3) is 0.448. The van der Waals surface area contributed by atoms with Gasteiger partial charge in [0.25, 0.3) is 0 Å². The number of nitrogens with zero attached hydrogens (tertiary/aromatic N) is 1. The summed E-state index contributed by atoms with van der Waals surface area (Å²) in [6, 6.07) is 15.7.